The molecule has 0 radical (unpaired) electrons. The highest BCUT2D eigenvalue weighted by Gasteiger charge is 2.46. The predicted octanol–water partition coefficient (Wildman–Crippen LogP) is 4.61. The summed E-state index contributed by atoms with van der Waals surface area (Å²) in [7, 11) is 0. The maximum absolute atomic E-state index is 3.67. The molecule has 1 N–H and O–H groups in total. The summed E-state index contributed by atoms with van der Waals surface area (Å²) in [5, 5.41) is 3.67. The van der Waals surface area contributed by atoms with Crippen LogP contribution in [0.25, 0.3) is 0 Å². The standard InChI is InChI=1S/C19H31N/c1-6-7-20-13-19(11-17(12-19)14(2)3)18-9-15(4)8-16(5)10-18/h8-10,14,17,20H,6-7,11-13H2,1-5H3. The third-order valence-corrected chi connectivity index (χ3v) is 4.97. The van der Waals surface area contributed by atoms with E-state index in [-0.39, 0.29) is 0 Å². The highest BCUT2D eigenvalue weighted by molar-refractivity contribution is 5.36. The van der Waals surface area contributed by atoms with Crippen LogP contribution in [0.1, 0.15) is 56.7 Å². The van der Waals surface area contributed by atoms with Gasteiger partial charge < -0.3 is 5.32 Å². The molecule has 1 aliphatic carbocycles. The van der Waals surface area contributed by atoms with Crippen LogP contribution in [0.5, 0.6) is 0 Å². The van der Waals surface area contributed by atoms with Gasteiger partial charge in [-0.1, -0.05) is 50.1 Å². The topological polar surface area (TPSA) is 12.0 Å². The fraction of sp³-hybridized carbons (Fsp3) is 0.684. The van der Waals surface area contributed by atoms with Gasteiger partial charge in [0.2, 0.25) is 0 Å². The van der Waals surface area contributed by atoms with Crippen LogP contribution in [-0.4, -0.2) is 13.1 Å². The van der Waals surface area contributed by atoms with Gasteiger partial charge in [-0.2, -0.15) is 0 Å². The van der Waals surface area contributed by atoms with E-state index >= 15 is 0 Å². The van der Waals surface area contributed by atoms with Gasteiger partial charge in [-0.05, 0) is 57.1 Å². The summed E-state index contributed by atoms with van der Waals surface area (Å²) in [6.45, 7) is 13.7. The summed E-state index contributed by atoms with van der Waals surface area (Å²) in [5.74, 6) is 1.72. The molecule has 1 aliphatic rings. The predicted molar refractivity (Wildman–Crippen MR) is 88.3 cm³/mol. The Morgan fingerprint density at radius 3 is 2.25 bits per heavy atom. The van der Waals surface area contributed by atoms with E-state index < -0.39 is 0 Å². The summed E-state index contributed by atoms with van der Waals surface area (Å²) in [5.41, 5.74) is 4.77. The molecule has 0 bridgehead atoms. The van der Waals surface area contributed by atoms with E-state index in [9.17, 15) is 0 Å². The van der Waals surface area contributed by atoms with E-state index in [0.29, 0.717) is 5.41 Å². The number of rotatable bonds is 6. The minimum absolute atomic E-state index is 0.390. The van der Waals surface area contributed by atoms with Gasteiger partial charge in [0, 0.05) is 12.0 Å². The van der Waals surface area contributed by atoms with Gasteiger partial charge in [0.15, 0.2) is 0 Å². The molecule has 0 aliphatic heterocycles. The van der Waals surface area contributed by atoms with Gasteiger partial charge in [-0.25, -0.2) is 0 Å². The fourth-order valence-corrected chi connectivity index (χ4v) is 3.68. The second-order valence-electron chi connectivity index (χ2n) is 7.25. The van der Waals surface area contributed by atoms with Crippen LogP contribution in [0, 0.1) is 25.7 Å². The van der Waals surface area contributed by atoms with E-state index in [0.717, 1.165) is 24.9 Å². The lowest BCUT2D eigenvalue weighted by molar-refractivity contribution is 0.0978. The lowest BCUT2D eigenvalue weighted by Gasteiger charge is -2.50. The SMILES string of the molecule is CCCNCC1(c2cc(C)cc(C)c2)CC(C(C)C)C1. The van der Waals surface area contributed by atoms with Gasteiger partial charge in [0.25, 0.3) is 0 Å². The van der Waals surface area contributed by atoms with Crippen LogP contribution in [0.2, 0.25) is 0 Å². The molecule has 0 saturated heterocycles. The first-order chi connectivity index (χ1) is 9.47. The van der Waals surface area contributed by atoms with Crippen molar-refractivity contribution in [2.24, 2.45) is 11.8 Å². The average molecular weight is 273 g/mol. The lowest BCUT2D eigenvalue weighted by atomic mass is 9.55. The van der Waals surface area contributed by atoms with Gasteiger partial charge >= 0.3 is 0 Å². The Balaban J connectivity index is 2.19. The van der Waals surface area contributed by atoms with Crippen molar-refractivity contribution in [3.63, 3.8) is 0 Å². The molecule has 1 saturated carbocycles. The van der Waals surface area contributed by atoms with Crippen LogP contribution in [0.3, 0.4) is 0 Å². The summed E-state index contributed by atoms with van der Waals surface area (Å²) in [4.78, 5) is 0. The molecule has 1 heteroatoms. The van der Waals surface area contributed by atoms with Crippen molar-refractivity contribution in [1.82, 2.24) is 5.32 Å². The summed E-state index contributed by atoms with van der Waals surface area (Å²) < 4.78 is 0. The molecule has 0 heterocycles. The van der Waals surface area contributed by atoms with Gasteiger partial charge in [0.1, 0.15) is 0 Å². The molecular weight excluding hydrogens is 242 g/mol. The maximum atomic E-state index is 3.67. The van der Waals surface area contributed by atoms with E-state index in [1.54, 1.807) is 5.56 Å². The largest absolute Gasteiger partial charge is 0.316 e. The quantitative estimate of drug-likeness (QED) is 0.747. The molecule has 0 atom stereocenters. The van der Waals surface area contributed by atoms with Crippen molar-refractivity contribution in [3.05, 3.63) is 34.9 Å². The van der Waals surface area contributed by atoms with E-state index in [4.69, 9.17) is 0 Å². The molecule has 2 rings (SSSR count). The van der Waals surface area contributed by atoms with Crippen molar-refractivity contribution in [2.45, 2.75) is 59.3 Å². The number of benzene rings is 1. The van der Waals surface area contributed by atoms with Gasteiger partial charge in [-0.15, -0.1) is 0 Å². The molecule has 20 heavy (non-hydrogen) atoms. The number of hydrogen-bond acceptors (Lipinski definition) is 1. The molecule has 1 nitrogen and oxygen atoms in total. The van der Waals surface area contributed by atoms with Crippen LogP contribution < -0.4 is 5.32 Å². The Labute approximate surface area is 125 Å². The number of nitrogens with one attached hydrogen (secondary N) is 1. The molecule has 0 aromatic heterocycles. The number of hydrogen-bond donors (Lipinski definition) is 1. The Bertz CT molecular complexity index is 421. The minimum atomic E-state index is 0.390. The smallest absolute Gasteiger partial charge is 0.00834 e. The molecule has 1 aromatic carbocycles. The van der Waals surface area contributed by atoms with Crippen LogP contribution >= 0.6 is 0 Å². The van der Waals surface area contributed by atoms with E-state index in [2.05, 4.69) is 58.1 Å². The van der Waals surface area contributed by atoms with Crippen molar-refractivity contribution in [1.29, 1.82) is 0 Å². The first kappa shape index (κ1) is 15.6. The normalized spacial score (nSPS) is 25.8. The lowest BCUT2D eigenvalue weighted by Crippen LogP contribution is -2.50. The third kappa shape index (κ3) is 3.25. The van der Waals surface area contributed by atoms with Crippen molar-refractivity contribution in [3.8, 4) is 0 Å². The summed E-state index contributed by atoms with van der Waals surface area (Å²) in [6.07, 6.45) is 3.92. The summed E-state index contributed by atoms with van der Waals surface area (Å²) in [6, 6.07) is 7.11. The first-order valence-electron chi connectivity index (χ1n) is 8.26. The zero-order valence-electron chi connectivity index (χ0n) is 13.9. The maximum Gasteiger partial charge on any atom is 0.00834 e. The van der Waals surface area contributed by atoms with Gasteiger partial charge in [-0.3, -0.25) is 0 Å². The van der Waals surface area contributed by atoms with Crippen LogP contribution in [0.15, 0.2) is 18.2 Å². The molecule has 0 unspecified atom stereocenters. The Hall–Kier alpha value is -0.820. The monoisotopic (exact) mass is 273 g/mol. The first-order valence-corrected chi connectivity index (χ1v) is 8.26. The van der Waals surface area contributed by atoms with Gasteiger partial charge in [0.05, 0.1) is 0 Å². The number of aryl methyl sites for hydroxylation is 2. The third-order valence-electron chi connectivity index (χ3n) is 4.97. The second-order valence-corrected chi connectivity index (χ2v) is 7.25. The highest BCUT2D eigenvalue weighted by atomic mass is 14.9. The summed E-state index contributed by atoms with van der Waals surface area (Å²) >= 11 is 0. The molecule has 112 valence electrons. The molecular formula is C19H31N. The molecule has 0 spiro atoms. The molecule has 0 amide bonds. The Morgan fingerprint density at radius 2 is 1.75 bits per heavy atom. The van der Waals surface area contributed by atoms with Crippen molar-refractivity contribution >= 4 is 0 Å². The van der Waals surface area contributed by atoms with Crippen molar-refractivity contribution in [2.75, 3.05) is 13.1 Å². The van der Waals surface area contributed by atoms with Crippen molar-refractivity contribution < 1.29 is 0 Å². The zero-order chi connectivity index (χ0) is 14.8. The Morgan fingerprint density at radius 1 is 1.15 bits per heavy atom. The fourth-order valence-electron chi connectivity index (χ4n) is 3.68. The Kier molecular flexibility index (Phi) is 4.90. The zero-order valence-corrected chi connectivity index (χ0v) is 13.9. The van der Waals surface area contributed by atoms with Crippen LogP contribution in [0.4, 0.5) is 0 Å². The highest BCUT2D eigenvalue weighted by Crippen LogP contribution is 2.50. The van der Waals surface area contributed by atoms with E-state index in [1.807, 2.05) is 0 Å². The molecule has 1 fully saturated rings. The average Bonchev–Trinajstić information content (AvgIpc) is 2.30. The van der Waals surface area contributed by atoms with Crippen LogP contribution in [-0.2, 0) is 5.41 Å². The van der Waals surface area contributed by atoms with E-state index in [1.165, 1.54) is 30.4 Å². The second kappa shape index (κ2) is 6.30. The molecule has 1 aromatic rings. The minimum Gasteiger partial charge on any atom is -0.316 e.